The second-order valence-electron chi connectivity index (χ2n) is 8.26. The van der Waals surface area contributed by atoms with Gasteiger partial charge in [-0.25, -0.2) is 4.98 Å². The third-order valence-corrected chi connectivity index (χ3v) is 5.93. The fourth-order valence-electron chi connectivity index (χ4n) is 4.17. The molecule has 2 heterocycles. The number of likely N-dealkylation sites (tertiary alicyclic amines) is 1. The third-order valence-electron chi connectivity index (χ3n) is 5.93. The van der Waals surface area contributed by atoms with Crippen molar-refractivity contribution >= 4 is 28.4 Å². The van der Waals surface area contributed by atoms with Gasteiger partial charge in [0.05, 0.1) is 28.5 Å². The molecule has 166 valence electrons. The molecule has 0 radical (unpaired) electrons. The predicted octanol–water partition coefficient (Wildman–Crippen LogP) is 3.75. The standard InChI is InChI=1S/C25H28N4O3/c1-18-9-7-11-20-23(18)26-17-29(25(20)32)16-8-13-22(30)27-21-12-4-3-10-19(21)24(31)28-14-5-2-6-15-28/h3-4,7,9-12,17H,2,5-6,8,13-16H2,1H3,(H,27,30). The zero-order valence-corrected chi connectivity index (χ0v) is 18.3. The number of amides is 2. The van der Waals surface area contributed by atoms with Gasteiger partial charge in [-0.1, -0.05) is 24.3 Å². The van der Waals surface area contributed by atoms with Crippen molar-refractivity contribution in [2.45, 2.75) is 45.6 Å². The molecule has 4 rings (SSSR count). The molecular formula is C25H28N4O3. The van der Waals surface area contributed by atoms with Crippen molar-refractivity contribution in [1.29, 1.82) is 0 Å². The highest BCUT2D eigenvalue weighted by molar-refractivity contribution is 6.03. The topological polar surface area (TPSA) is 84.3 Å². The van der Waals surface area contributed by atoms with Crippen molar-refractivity contribution in [3.63, 3.8) is 0 Å². The number of aromatic nitrogens is 2. The Hall–Kier alpha value is -3.48. The molecule has 0 aliphatic carbocycles. The largest absolute Gasteiger partial charge is 0.339 e. The average Bonchev–Trinajstić information content (AvgIpc) is 2.81. The first kappa shape index (κ1) is 21.7. The first-order valence-electron chi connectivity index (χ1n) is 11.2. The number of carbonyl (C=O) groups is 2. The van der Waals surface area contributed by atoms with Gasteiger partial charge in [0, 0.05) is 26.1 Å². The highest BCUT2D eigenvalue weighted by Gasteiger charge is 2.21. The number of piperidine rings is 1. The van der Waals surface area contributed by atoms with E-state index in [1.165, 1.54) is 0 Å². The van der Waals surface area contributed by atoms with Gasteiger partial charge in [-0.2, -0.15) is 0 Å². The summed E-state index contributed by atoms with van der Waals surface area (Å²) in [6.45, 7) is 3.85. The number of nitrogens with zero attached hydrogens (tertiary/aromatic N) is 3. The lowest BCUT2D eigenvalue weighted by Crippen LogP contribution is -2.36. The van der Waals surface area contributed by atoms with Gasteiger partial charge in [-0.3, -0.25) is 19.0 Å². The van der Waals surface area contributed by atoms with E-state index >= 15 is 0 Å². The normalized spacial score (nSPS) is 13.8. The van der Waals surface area contributed by atoms with E-state index in [1.54, 1.807) is 29.1 Å². The summed E-state index contributed by atoms with van der Waals surface area (Å²) in [6, 6.07) is 12.7. The van der Waals surface area contributed by atoms with Gasteiger partial charge >= 0.3 is 0 Å². The molecule has 3 aromatic rings. The first-order valence-corrected chi connectivity index (χ1v) is 11.2. The summed E-state index contributed by atoms with van der Waals surface area (Å²) in [5.74, 6) is -0.216. The Morgan fingerprint density at radius 3 is 2.62 bits per heavy atom. The minimum absolute atomic E-state index is 0.0373. The number of hydrogen-bond acceptors (Lipinski definition) is 4. The van der Waals surface area contributed by atoms with Crippen molar-refractivity contribution in [1.82, 2.24) is 14.5 Å². The molecule has 7 nitrogen and oxygen atoms in total. The van der Waals surface area contributed by atoms with Gasteiger partial charge in [-0.05, 0) is 56.4 Å². The monoisotopic (exact) mass is 432 g/mol. The van der Waals surface area contributed by atoms with Crippen molar-refractivity contribution in [3.8, 4) is 0 Å². The molecule has 1 aromatic heterocycles. The highest BCUT2D eigenvalue weighted by atomic mass is 16.2. The van der Waals surface area contributed by atoms with E-state index < -0.39 is 0 Å². The molecule has 1 aliphatic heterocycles. The smallest absolute Gasteiger partial charge is 0.261 e. The molecule has 7 heteroatoms. The van der Waals surface area contributed by atoms with Crippen molar-refractivity contribution in [2.24, 2.45) is 0 Å². The number of aryl methyl sites for hydroxylation is 2. The highest BCUT2D eigenvalue weighted by Crippen LogP contribution is 2.20. The Balaban J connectivity index is 1.38. The molecule has 0 spiro atoms. The number of nitrogens with one attached hydrogen (secondary N) is 1. The summed E-state index contributed by atoms with van der Waals surface area (Å²) in [4.78, 5) is 44.4. The zero-order valence-electron chi connectivity index (χ0n) is 18.3. The SMILES string of the molecule is Cc1cccc2c(=O)n(CCCC(=O)Nc3ccccc3C(=O)N3CCCCC3)cnc12. The number of para-hydroxylation sites is 2. The average molecular weight is 433 g/mol. The molecule has 32 heavy (non-hydrogen) atoms. The number of rotatable bonds is 6. The molecule has 2 aromatic carbocycles. The van der Waals surface area contributed by atoms with Crippen LogP contribution in [0.15, 0.2) is 53.6 Å². The lowest BCUT2D eigenvalue weighted by molar-refractivity contribution is -0.116. The van der Waals surface area contributed by atoms with Crippen LogP contribution in [0, 0.1) is 6.92 Å². The number of fused-ring (bicyclic) bond motifs is 1. The van der Waals surface area contributed by atoms with E-state index in [0.717, 1.165) is 37.9 Å². The maximum Gasteiger partial charge on any atom is 0.261 e. The van der Waals surface area contributed by atoms with E-state index in [-0.39, 0.29) is 23.8 Å². The molecule has 0 saturated carbocycles. The first-order chi connectivity index (χ1) is 15.5. The predicted molar refractivity (Wildman–Crippen MR) is 125 cm³/mol. The van der Waals surface area contributed by atoms with E-state index in [1.807, 2.05) is 36.1 Å². The van der Waals surface area contributed by atoms with Gasteiger partial charge in [0.15, 0.2) is 0 Å². The Kier molecular flexibility index (Phi) is 6.63. The van der Waals surface area contributed by atoms with Crippen molar-refractivity contribution in [3.05, 3.63) is 70.3 Å². The van der Waals surface area contributed by atoms with E-state index in [9.17, 15) is 14.4 Å². The molecule has 1 saturated heterocycles. The van der Waals surface area contributed by atoms with Crippen LogP contribution in [-0.2, 0) is 11.3 Å². The molecule has 0 bridgehead atoms. The Morgan fingerprint density at radius 1 is 1.03 bits per heavy atom. The summed E-state index contributed by atoms with van der Waals surface area (Å²) >= 11 is 0. The van der Waals surface area contributed by atoms with Crippen LogP contribution in [-0.4, -0.2) is 39.4 Å². The maximum atomic E-state index is 12.9. The Bertz CT molecular complexity index is 1200. The van der Waals surface area contributed by atoms with Crippen LogP contribution < -0.4 is 10.9 Å². The minimum atomic E-state index is -0.179. The molecule has 0 unspecified atom stereocenters. The van der Waals surface area contributed by atoms with Gasteiger partial charge in [0.2, 0.25) is 5.91 Å². The fourth-order valence-corrected chi connectivity index (χ4v) is 4.17. The summed E-state index contributed by atoms with van der Waals surface area (Å²) in [5.41, 5.74) is 2.63. The summed E-state index contributed by atoms with van der Waals surface area (Å²) in [6.07, 6.45) is 5.46. The Labute approximate surface area is 187 Å². The van der Waals surface area contributed by atoms with Gasteiger partial charge in [0.1, 0.15) is 0 Å². The number of carbonyl (C=O) groups excluding carboxylic acids is 2. The third kappa shape index (κ3) is 4.72. The van der Waals surface area contributed by atoms with Crippen LogP contribution in [0.5, 0.6) is 0 Å². The molecule has 1 aliphatic rings. The lowest BCUT2D eigenvalue weighted by atomic mass is 10.1. The second-order valence-corrected chi connectivity index (χ2v) is 8.26. The molecular weight excluding hydrogens is 404 g/mol. The van der Waals surface area contributed by atoms with E-state index in [0.29, 0.717) is 35.1 Å². The van der Waals surface area contributed by atoms with Gasteiger partial charge < -0.3 is 10.2 Å². The summed E-state index contributed by atoms with van der Waals surface area (Å²) < 4.78 is 1.54. The quantitative estimate of drug-likeness (QED) is 0.643. The minimum Gasteiger partial charge on any atom is -0.339 e. The van der Waals surface area contributed by atoms with Crippen LogP contribution >= 0.6 is 0 Å². The molecule has 1 N–H and O–H groups in total. The van der Waals surface area contributed by atoms with Gasteiger partial charge in [0.25, 0.3) is 11.5 Å². The summed E-state index contributed by atoms with van der Waals surface area (Å²) in [7, 11) is 0. The van der Waals surface area contributed by atoms with Gasteiger partial charge in [-0.15, -0.1) is 0 Å². The van der Waals surface area contributed by atoms with Crippen LogP contribution in [0.3, 0.4) is 0 Å². The Morgan fingerprint density at radius 2 is 1.81 bits per heavy atom. The molecule has 0 atom stereocenters. The van der Waals surface area contributed by atoms with Crippen LogP contribution in [0.25, 0.3) is 10.9 Å². The summed E-state index contributed by atoms with van der Waals surface area (Å²) in [5, 5.41) is 3.46. The second kappa shape index (κ2) is 9.77. The fraction of sp³-hybridized carbons (Fsp3) is 0.360. The van der Waals surface area contributed by atoms with E-state index in [2.05, 4.69) is 10.3 Å². The van der Waals surface area contributed by atoms with Crippen molar-refractivity contribution < 1.29 is 9.59 Å². The van der Waals surface area contributed by atoms with Crippen LogP contribution in [0.1, 0.15) is 48.0 Å². The molecule has 2 amide bonds. The van der Waals surface area contributed by atoms with E-state index in [4.69, 9.17) is 0 Å². The lowest BCUT2D eigenvalue weighted by Gasteiger charge is -2.27. The number of benzene rings is 2. The zero-order chi connectivity index (χ0) is 22.5. The van der Waals surface area contributed by atoms with Crippen molar-refractivity contribution in [2.75, 3.05) is 18.4 Å². The maximum absolute atomic E-state index is 12.9. The number of hydrogen-bond donors (Lipinski definition) is 1. The van der Waals surface area contributed by atoms with Crippen LogP contribution in [0.4, 0.5) is 5.69 Å². The number of anilines is 1. The molecule has 1 fully saturated rings. The van der Waals surface area contributed by atoms with Crippen LogP contribution in [0.2, 0.25) is 0 Å².